The first-order valence-electron chi connectivity index (χ1n) is 2.93. The Morgan fingerprint density at radius 1 is 1.50 bits per heavy atom. The maximum absolute atomic E-state index is 11.9. The number of pyridine rings is 1. The molecule has 1 heterocycles. The van der Waals surface area contributed by atoms with Crippen molar-refractivity contribution >= 4 is 21.1 Å². The normalized spacial score (nSPS) is 13.4. The molecule has 0 aliphatic carbocycles. The Morgan fingerprint density at radius 2 is 2.17 bits per heavy atom. The zero-order chi connectivity index (χ0) is 9.14. The number of hydrogen-bond donors (Lipinski definition) is 0. The Labute approximate surface area is 75.2 Å². The van der Waals surface area contributed by atoms with Crippen molar-refractivity contribution in [3.63, 3.8) is 0 Å². The highest BCUT2D eigenvalue weighted by Gasteiger charge is 2.12. The molecular formula is C6H4ClF2NOS. The van der Waals surface area contributed by atoms with E-state index in [0.29, 0.717) is 0 Å². The van der Waals surface area contributed by atoms with E-state index < -0.39 is 16.8 Å². The van der Waals surface area contributed by atoms with Crippen molar-refractivity contribution in [2.45, 2.75) is 11.3 Å². The van der Waals surface area contributed by atoms with E-state index in [2.05, 4.69) is 4.98 Å². The molecule has 66 valence electrons. The summed E-state index contributed by atoms with van der Waals surface area (Å²) in [6, 6.07) is 2.36. The molecule has 0 radical (unpaired) electrons. The molecule has 1 rings (SSSR count). The molecule has 0 aromatic carbocycles. The lowest BCUT2D eigenvalue weighted by molar-refractivity contribution is 0.146. The van der Waals surface area contributed by atoms with Crippen LogP contribution in [0.3, 0.4) is 0 Å². The molecule has 0 aliphatic heterocycles. The number of halogens is 3. The molecule has 2 nitrogen and oxygen atoms in total. The van der Waals surface area contributed by atoms with Gasteiger partial charge >= 0.3 is 0 Å². The van der Waals surface area contributed by atoms with Crippen molar-refractivity contribution in [2.24, 2.45) is 0 Å². The highest BCUT2D eigenvalue weighted by atomic mass is 35.7. The third kappa shape index (κ3) is 2.30. The van der Waals surface area contributed by atoms with Crippen LogP contribution in [0.25, 0.3) is 0 Å². The van der Waals surface area contributed by atoms with Gasteiger partial charge in [-0.2, -0.15) is 0 Å². The number of nitrogens with zero attached hydrogens (tertiary/aromatic N) is 1. The Kier molecular flexibility index (Phi) is 3.25. The molecule has 6 heteroatoms. The van der Waals surface area contributed by atoms with Crippen LogP contribution in [0.15, 0.2) is 23.2 Å². The van der Waals surface area contributed by atoms with Gasteiger partial charge in [0.25, 0.3) is 6.43 Å². The van der Waals surface area contributed by atoms with E-state index in [1.807, 2.05) is 0 Å². The van der Waals surface area contributed by atoms with Crippen molar-refractivity contribution in [2.75, 3.05) is 0 Å². The second kappa shape index (κ2) is 4.02. The van der Waals surface area contributed by atoms with Gasteiger partial charge < -0.3 is 4.55 Å². The van der Waals surface area contributed by atoms with Gasteiger partial charge in [-0.3, -0.25) is 0 Å². The minimum Gasteiger partial charge on any atom is -0.594 e. The first-order chi connectivity index (χ1) is 5.61. The summed E-state index contributed by atoms with van der Waals surface area (Å²) in [5.74, 6) is 0. The van der Waals surface area contributed by atoms with Crippen LogP contribution in [-0.2, 0) is 10.4 Å². The maximum Gasteiger partial charge on any atom is 0.280 e. The van der Waals surface area contributed by atoms with Gasteiger partial charge in [0.2, 0.25) is 0 Å². The zero-order valence-electron chi connectivity index (χ0n) is 5.71. The van der Waals surface area contributed by atoms with E-state index >= 15 is 0 Å². The van der Waals surface area contributed by atoms with Crippen LogP contribution in [0.2, 0.25) is 0 Å². The third-order valence-electron chi connectivity index (χ3n) is 1.17. The number of alkyl halides is 2. The van der Waals surface area contributed by atoms with Crippen LogP contribution in [0.4, 0.5) is 8.78 Å². The van der Waals surface area contributed by atoms with Gasteiger partial charge in [0.15, 0.2) is 15.6 Å². The van der Waals surface area contributed by atoms with Crippen molar-refractivity contribution in [3.8, 4) is 0 Å². The van der Waals surface area contributed by atoms with Gasteiger partial charge in [0.1, 0.15) is 16.1 Å². The summed E-state index contributed by atoms with van der Waals surface area (Å²) in [6.45, 7) is 0. The van der Waals surface area contributed by atoms with Crippen molar-refractivity contribution in [3.05, 3.63) is 24.0 Å². The Balaban J connectivity index is 2.86. The molecule has 0 aliphatic rings. The molecule has 0 fully saturated rings. The molecule has 12 heavy (non-hydrogen) atoms. The lowest BCUT2D eigenvalue weighted by Crippen LogP contribution is -1.95. The molecule has 1 unspecified atom stereocenters. The third-order valence-corrected chi connectivity index (χ3v) is 2.31. The summed E-state index contributed by atoms with van der Waals surface area (Å²) in [7, 11) is 3.49. The van der Waals surface area contributed by atoms with E-state index in [0.717, 1.165) is 12.3 Å². The summed E-state index contributed by atoms with van der Waals surface area (Å²) in [5, 5.41) is 0. The van der Waals surface area contributed by atoms with Crippen LogP contribution in [-0.4, -0.2) is 9.54 Å². The lowest BCUT2D eigenvalue weighted by atomic mass is 10.4. The van der Waals surface area contributed by atoms with Gasteiger partial charge in [-0.05, 0) is 12.1 Å². The monoisotopic (exact) mass is 211 g/mol. The second-order valence-corrected chi connectivity index (χ2v) is 3.70. The Bertz CT molecular complexity index is 227. The summed E-state index contributed by atoms with van der Waals surface area (Å²) in [5.41, 5.74) is -0.346. The highest BCUT2D eigenvalue weighted by molar-refractivity contribution is 8.13. The molecule has 0 saturated heterocycles. The van der Waals surface area contributed by atoms with Gasteiger partial charge in [0, 0.05) is 0 Å². The fraction of sp³-hybridized carbons (Fsp3) is 0.167. The summed E-state index contributed by atoms with van der Waals surface area (Å²) in [6.07, 6.45) is -1.53. The van der Waals surface area contributed by atoms with Crippen LogP contribution < -0.4 is 0 Å². The van der Waals surface area contributed by atoms with Crippen molar-refractivity contribution < 1.29 is 13.3 Å². The molecular weight excluding hydrogens is 208 g/mol. The lowest BCUT2D eigenvalue weighted by Gasteiger charge is -2.00. The van der Waals surface area contributed by atoms with Crippen molar-refractivity contribution in [1.29, 1.82) is 0 Å². The minimum atomic E-state index is -2.61. The molecule has 0 bridgehead atoms. The van der Waals surface area contributed by atoms with Gasteiger partial charge in [-0.25, -0.2) is 13.8 Å². The zero-order valence-corrected chi connectivity index (χ0v) is 7.28. The highest BCUT2D eigenvalue weighted by Crippen LogP contribution is 2.19. The minimum absolute atomic E-state index is 0.223. The predicted molar refractivity (Wildman–Crippen MR) is 41.5 cm³/mol. The number of aromatic nitrogens is 1. The largest absolute Gasteiger partial charge is 0.594 e. The van der Waals surface area contributed by atoms with E-state index in [9.17, 15) is 13.3 Å². The van der Waals surface area contributed by atoms with E-state index in [1.54, 1.807) is 0 Å². The topological polar surface area (TPSA) is 36.0 Å². The first-order valence-corrected chi connectivity index (χ1v) is 4.91. The van der Waals surface area contributed by atoms with E-state index in [4.69, 9.17) is 10.7 Å². The van der Waals surface area contributed by atoms with Crippen LogP contribution in [0, 0.1) is 0 Å². The smallest absolute Gasteiger partial charge is 0.280 e. The summed E-state index contributed by atoms with van der Waals surface area (Å²) < 4.78 is 34.4. The van der Waals surface area contributed by atoms with Crippen LogP contribution in [0.1, 0.15) is 12.1 Å². The van der Waals surface area contributed by atoms with Crippen LogP contribution >= 0.6 is 10.7 Å². The average Bonchev–Trinajstić information content (AvgIpc) is 2.04. The number of hydrogen-bond acceptors (Lipinski definition) is 2. The predicted octanol–water partition coefficient (Wildman–Crippen LogP) is 2.28. The van der Waals surface area contributed by atoms with Crippen molar-refractivity contribution in [1.82, 2.24) is 4.98 Å². The Hall–Kier alpha value is -0.390. The molecule has 1 atom stereocenters. The van der Waals surface area contributed by atoms with Crippen LogP contribution in [0.5, 0.6) is 0 Å². The second-order valence-electron chi connectivity index (χ2n) is 1.94. The van der Waals surface area contributed by atoms with Gasteiger partial charge in [-0.15, -0.1) is 0 Å². The quantitative estimate of drug-likeness (QED) is 0.704. The number of rotatable bonds is 2. The van der Waals surface area contributed by atoms with E-state index in [1.165, 1.54) is 6.07 Å². The summed E-state index contributed by atoms with van der Waals surface area (Å²) in [4.78, 5) is 3.60. The fourth-order valence-corrected chi connectivity index (χ4v) is 1.20. The molecule has 1 aromatic heterocycles. The van der Waals surface area contributed by atoms with Gasteiger partial charge in [0.05, 0.1) is 6.20 Å². The average molecular weight is 212 g/mol. The molecule has 0 N–H and O–H groups in total. The molecule has 0 spiro atoms. The maximum atomic E-state index is 11.9. The Morgan fingerprint density at radius 3 is 2.50 bits per heavy atom. The molecule has 0 saturated carbocycles. The molecule has 0 amide bonds. The fourth-order valence-electron chi connectivity index (χ4n) is 0.616. The summed E-state index contributed by atoms with van der Waals surface area (Å²) >= 11 is 0. The molecule has 1 aromatic rings. The van der Waals surface area contributed by atoms with Gasteiger partial charge in [-0.1, -0.05) is 0 Å². The SMILES string of the molecule is [O-][S+](Cl)c1ccc(C(F)F)nc1. The van der Waals surface area contributed by atoms with E-state index in [-0.39, 0.29) is 10.6 Å². The first kappa shape index (κ1) is 9.70. The standard InChI is InChI=1S/C6H4ClF2NOS/c7-12(11)4-1-2-5(6(8)9)10-3-4/h1-3,6H.